The molecule has 0 aliphatic carbocycles. The summed E-state index contributed by atoms with van der Waals surface area (Å²) in [5.74, 6) is -1.76. The molecule has 0 saturated carbocycles. The van der Waals surface area contributed by atoms with Gasteiger partial charge in [-0.3, -0.25) is 9.59 Å². The van der Waals surface area contributed by atoms with Crippen LogP contribution in [0.15, 0.2) is 54.7 Å². The van der Waals surface area contributed by atoms with Gasteiger partial charge in [0.25, 0.3) is 5.91 Å². The summed E-state index contributed by atoms with van der Waals surface area (Å²) in [7, 11) is 0. The van der Waals surface area contributed by atoms with Gasteiger partial charge in [-0.05, 0) is 29.8 Å². The molecule has 1 atom stereocenters. The number of H-pyrrole nitrogens is 1. The maximum atomic E-state index is 13.0. The second-order valence-electron chi connectivity index (χ2n) is 5.61. The van der Waals surface area contributed by atoms with Gasteiger partial charge in [-0.1, -0.05) is 24.3 Å². The van der Waals surface area contributed by atoms with Gasteiger partial charge in [0.2, 0.25) is 0 Å². The highest BCUT2D eigenvalue weighted by Crippen LogP contribution is 2.37. The van der Waals surface area contributed by atoms with Gasteiger partial charge in [-0.15, -0.1) is 0 Å². The Morgan fingerprint density at radius 3 is 2.74 bits per heavy atom. The molecule has 2 heterocycles. The van der Waals surface area contributed by atoms with Crippen LogP contribution in [0.2, 0.25) is 0 Å². The summed E-state index contributed by atoms with van der Waals surface area (Å²) < 4.78 is 0. The van der Waals surface area contributed by atoms with Gasteiger partial charge in [-0.25, -0.2) is 0 Å². The first-order valence-electron chi connectivity index (χ1n) is 7.36. The SMILES string of the molecule is O=C(O)[C@H]1CN(C(=O)c2cccc3[nH]ccc23)c2ccccc21. The van der Waals surface area contributed by atoms with E-state index in [4.69, 9.17) is 0 Å². The number of anilines is 1. The number of aliphatic carboxylic acids is 1. The molecule has 4 rings (SSSR count). The Bertz CT molecular complexity index is 929. The summed E-state index contributed by atoms with van der Waals surface area (Å²) in [5, 5.41) is 10.3. The molecule has 0 radical (unpaired) electrons. The van der Waals surface area contributed by atoms with Crippen molar-refractivity contribution in [2.24, 2.45) is 0 Å². The number of aromatic nitrogens is 1. The molecule has 0 spiro atoms. The van der Waals surface area contributed by atoms with E-state index in [1.807, 2.05) is 24.3 Å². The number of carbonyl (C=O) groups excluding carboxylic acids is 1. The molecule has 3 aromatic rings. The molecule has 1 aliphatic heterocycles. The van der Waals surface area contributed by atoms with Gasteiger partial charge < -0.3 is 15.0 Å². The first-order valence-corrected chi connectivity index (χ1v) is 7.36. The fourth-order valence-corrected chi connectivity index (χ4v) is 3.23. The highest BCUT2D eigenvalue weighted by molar-refractivity contribution is 6.15. The molecular formula is C18H14N2O3. The topological polar surface area (TPSA) is 73.4 Å². The highest BCUT2D eigenvalue weighted by atomic mass is 16.4. The van der Waals surface area contributed by atoms with Crippen molar-refractivity contribution in [2.75, 3.05) is 11.4 Å². The number of benzene rings is 2. The van der Waals surface area contributed by atoms with E-state index in [1.54, 1.807) is 35.4 Å². The van der Waals surface area contributed by atoms with Crippen LogP contribution in [-0.4, -0.2) is 28.5 Å². The first kappa shape index (κ1) is 13.6. The van der Waals surface area contributed by atoms with Crippen molar-refractivity contribution in [3.05, 3.63) is 65.9 Å². The molecule has 0 unspecified atom stereocenters. The Labute approximate surface area is 132 Å². The minimum absolute atomic E-state index is 0.161. The van der Waals surface area contributed by atoms with Crippen molar-refractivity contribution in [3.63, 3.8) is 0 Å². The van der Waals surface area contributed by atoms with Gasteiger partial charge in [-0.2, -0.15) is 0 Å². The molecule has 0 fully saturated rings. The summed E-state index contributed by atoms with van der Waals surface area (Å²) in [5.41, 5.74) is 2.83. The predicted octanol–water partition coefficient (Wildman–Crippen LogP) is 3.00. The zero-order chi connectivity index (χ0) is 16.0. The molecule has 2 N–H and O–H groups in total. The van der Waals surface area contributed by atoms with Crippen LogP contribution in [0.4, 0.5) is 5.69 Å². The number of hydrogen-bond donors (Lipinski definition) is 2. The second kappa shape index (κ2) is 4.98. The minimum atomic E-state index is -0.910. The molecule has 2 aromatic carbocycles. The Balaban J connectivity index is 1.81. The third-order valence-corrected chi connectivity index (χ3v) is 4.34. The molecule has 0 bridgehead atoms. The quantitative estimate of drug-likeness (QED) is 0.764. The Morgan fingerprint density at radius 1 is 1.09 bits per heavy atom. The van der Waals surface area contributed by atoms with Crippen LogP contribution in [0.25, 0.3) is 10.9 Å². The van der Waals surface area contributed by atoms with Gasteiger partial charge >= 0.3 is 5.97 Å². The average Bonchev–Trinajstić information content (AvgIpc) is 3.18. The fraction of sp³-hybridized carbons (Fsp3) is 0.111. The Morgan fingerprint density at radius 2 is 1.91 bits per heavy atom. The lowest BCUT2D eigenvalue weighted by molar-refractivity contribution is -0.138. The van der Waals surface area contributed by atoms with Crippen LogP contribution in [0.1, 0.15) is 21.8 Å². The first-order chi connectivity index (χ1) is 11.2. The van der Waals surface area contributed by atoms with E-state index in [9.17, 15) is 14.7 Å². The van der Waals surface area contributed by atoms with E-state index in [-0.39, 0.29) is 12.5 Å². The minimum Gasteiger partial charge on any atom is -0.481 e. The van der Waals surface area contributed by atoms with E-state index in [1.165, 1.54) is 0 Å². The summed E-state index contributed by atoms with van der Waals surface area (Å²) in [6.45, 7) is 0.161. The van der Waals surface area contributed by atoms with Gasteiger partial charge in [0.15, 0.2) is 0 Å². The Hall–Kier alpha value is -3.08. The number of para-hydroxylation sites is 1. The number of amides is 1. The lowest BCUT2D eigenvalue weighted by Gasteiger charge is -2.18. The second-order valence-corrected chi connectivity index (χ2v) is 5.61. The summed E-state index contributed by atoms with van der Waals surface area (Å²) in [6.07, 6.45) is 1.79. The number of hydrogen-bond acceptors (Lipinski definition) is 2. The molecule has 23 heavy (non-hydrogen) atoms. The number of carboxylic acids is 1. The molecule has 5 nitrogen and oxygen atoms in total. The van der Waals surface area contributed by atoms with E-state index in [0.29, 0.717) is 16.8 Å². The van der Waals surface area contributed by atoms with Crippen LogP contribution in [0.5, 0.6) is 0 Å². The normalized spacial score (nSPS) is 16.5. The maximum Gasteiger partial charge on any atom is 0.312 e. The van der Waals surface area contributed by atoms with Crippen LogP contribution in [0.3, 0.4) is 0 Å². The smallest absolute Gasteiger partial charge is 0.312 e. The van der Waals surface area contributed by atoms with Crippen molar-refractivity contribution < 1.29 is 14.7 Å². The Kier molecular flexibility index (Phi) is 2.94. The zero-order valence-electron chi connectivity index (χ0n) is 12.2. The van der Waals surface area contributed by atoms with Gasteiger partial charge in [0.05, 0.1) is 0 Å². The van der Waals surface area contributed by atoms with Crippen molar-refractivity contribution in [1.82, 2.24) is 4.98 Å². The summed E-state index contributed by atoms with van der Waals surface area (Å²) in [4.78, 5) is 29.2. The standard InChI is InChI=1S/C18H14N2O3/c21-17(13-5-3-6-15-11(13)8-9-19-15)20-10-14(18(22)23)12-4-1-2-7-16(12)20/h1-9,14,19H,10H2,(H,22,23)/t14-/m0/s1. The number of rotatable bonds is 2. The van der Waals surface area contributed by atoms with Crippen LogP contribution < -0.4 is 4.90 Å². The summed E-state index contributed by atoms with van der Waals surface area (Å²) in [6, 6.07) is 14.6. The largest absolute Gasteiger partial charge is 0.481 e. The van der Waals surface area contributed by atoms with E-state index < -0.39 is 11.9 Å². The average molecular weight is 306 g/mol. The van der Waals surface area contributed by atoms with Crippen molar-refractivity contribution in [1.29, 1.82) is 0 Å². The molecule has 0 saturated heterocycles. The van der Waals surface area contributed by atoms with Crippen LogP contribution >= 0.6 is 0 Å². The predicted molar refractivity (Wildman–Crippen MR) is 86.8 cm³/mol. The fourth-order valence-electron chi connectivity index (χ4n) is 3.23. The molecule has 1 aliphatic rings. The molecule has 1 amide bonds. The molecular weight excluding hydrogens is 292 g/mol. The zero-order valence-corrected chi connectivity index (χ0v) is 12.2. The number of nitrogens with one attached hydrogen (secondary N) is 1. The number of carboxylic acid groups (broad SMARTS) is 1. The summed E-state index contributed by atoms with van der Waals surface area (Å²) >= 11 is 0. The van der Waals surface area contributed by atoms with Gasteiger partial charge in [0.1, 0.15) is 5.92 Å². The van der Waals surface area contributed by atoms with Crippen molar-refractivity contribution in [2.45, 2.75) is 5.92 Å². The maximum absolute atomic E-state index is 13.0. The van der Waals surface area contributed by atoms with Crippen molar-refractivity contribution in [3.8, 4) is 0 Å². The molecule has 1 aromatic heterocycles. The molecule has 5 heteroatoms. The number of carbonyl (C=O) groups is 2. The third-order valence-electron chi connectivity index (χ3n) is 4.34. The van der Waals surface area contributed by atoms with Crippen LogP contribution in [0, 0.1) is 0 Å². The number of fused-ring (bicyclic) bond motifs is 2. The van der Waals surface area contributed by atoms with Crippen LogP contribution in [-0.2, 0) is 4.79 Å². The third kappa shape index (κ3) is 2.01. The monoisotopic (exact) mass is 306 g/mol. The van der Waals surface area contributed by atoms with E-state index in [2.05, 4.69) is 4.98 Å². The number of nitrogens with zero attached hydrogens (tertiary/aromatic N) is 1. The lowest BCUT2D eigenvalue weighted by Crippen LogP contribution is -2.31. The highest BCUT2D eigenvalue weighted by Gasteiger charge is 2.36. The lowest BCUT2D eigenvalue weighted by atomic mass is 10.0. The van der Waals surface area contributed by atoms with E-state index in [0.717, 1.165) is 10.9 Å². The van der Waals surface area contributed by atoms with Gasteiger partial charge in [0, 0.05) is 34.9 Å². The van der Waals surface area contributed by atoms with Crippen molar-refractivity contribution >= 4 is 28.5 Å². The molecule has 114 valence electrons. The van der Waals surface area contributed by atoms with E-state index >= 15 is 0 Å². The number of aromatic amines is 1.